The molecule has 2 rings (SSSR count). The van der Waals surface area contributed by atoms with Gasteiger partial charge in [-0.05, 0) is 72.0 Å². The minimum Gasteiger partial charge on any atom is -0.365 e. The first-order valence-corrected chi connectivity index (χ1v) is 6.53. The van der Waals surface area contributed by atoms with E-state index in [0.717, 1.165) is 13.0 Å². The second kappa shape index (κ2) is 4.15. The molecule has 2 aliphatic heterocycles. The summed E-state index contributed by atoms with van der Waals surface area (Å²) in [7, 11) is 0. The van der Waals surface area contributed by atoms with Crippen molar-refractivity contribution in [2.24, 2.45) is 0 Å². The van der Waals surface area contributed by atoms with E-state index < -0.39 is 0 Å². The Bertz CT molecular complexity index is 292. The van der Waals surface area contributed by atoms with Crippen LogP contribution in [0.15, 0.2) is 11.1 Å². The van der Waals surface area contributed by atoms with Crippen molar-refractivity contribution in [1.29, 1.82) is 0 Å². The molecule has 0 spiro atoms. The Kier molecular flexibility index (Phi) is 3.15. The predicted molar refractivity (Wildman–Crippen MR) is 67.6 cm³/mol. The molecule has 2 fully saturated rings. The molecule has 2 heteroatoms. The van der Waals surface area contributed by atoms with Crippen molar-refractivity contribution in [3.63, 3.8) is 0 Å². The van der Waals surface area contributed by atoms with E-state index in [9.17, 15) is 0 Å². The Morgan fingerprint density at radius 3 is 2.44 bits per heavy atom. The third-order valence-electron chi connectivity index (χ3n) is 3.72. The van der Waals surface area contributed by atoms with E-state index in [2.05, 4.69) is 33.0 Å². The molecule has 16 heavy (non-hydrogen) atoms. The Morgan fingerprint density at radius 2 is 1.81 bits per heavy atom. The van der Waals surface area contributed by atoms with Crippen LogP contribution in [-0.4, -0.2) is 24.3 Å². The van der Waals surface area contributed by atoms with E-state index in [-0.39, 0.29) is 11.2 Å². The summed E-state index contributed by atoms with van der Waals surface area (Å²) in [5, 5.41) is 3.47. The lowest BCUT2D eigenvalue weighted by molar-refractivity contribution is -0.0569. The fourth-order valence-electron chi connectivity index (χ4n) is 3.20. The maximum Gasteiger partial charge on any atom is 0.0846 e. The van der Waals surface area contributed by atoms with Gasteiger partial charge in [-0.25, -0.2) is 0 Å². The van der Waals surface area contributed by atoms with Crippen molar-refractivity contribution in [3.05, 3.63) is 11.1 Å². The second-order valence-electron chi connectivity index (χ2n) is 6.23. The summed E-state index contributed by atoms with van der Waals surface area (Å²) in [4.78, 5) is 0. The average molecular weight is 223 g/mol. The molecular weight excluding hydrogens is 198 g/mol. The molecule has 92 valence electrons. The highest BCUT2D eigenvalue weighted by atomic mass is 16.5. The van der Waals surface area contributed by atoms with Gasteiger partial charge >= 0.3 is 0 Å². The molecule has 2 aliphatic rings. The fourth-order valence-corrected chi connectivity index (χ4v) is 3.20. The first-order valence-electron chi connectivity index (χ1n) is 6.53. The predicted octanol–water partition coefficient (Wildman–Crippen LogP) is 3.03. The highest BCUT2D eigenvalue weighted by molar-refractivity contribution is 5.29. The summed E-state index contributed by atoms with van der Waals surface area (Å²) >= 11 is 0. The van der Waals surface area contributed by atoms with Crippen molar-refractivity contribution in [2.45, 2.75) is 64.6 Å². The van der Waals surface area contributed by atoms with Gasteiger partial charge in [-0.1, -0.05) is 5.57 Å². The molecule has 0 aromatic carbocycles. The second-order valence-corrected chi connectivity index (χ2v) is 6.23. The summed E-state index contributed by atoms with van der Waals surface area (Å²) in [6.45, 7) is 11.2. The topological polar surface area (TPSA) is 21.3 Å². The van der Waals surface area contributed by atoms with Crippen LogP contribution in [0.3, 0.4) is 0 Å². The number of hydrogen-bond acceptors (Lipinski definition) is 2. The lowest BCUT2D eigenvalue weighted by atomic mass is 9.87. The van der Waals surface area contributed by atoms with Gasteiger partial charge in [-0.2, -0.15) is 0 Å². The van der Waals surface area contributed by atoms with E-state index in [4.69, 9.17) is 4.74 Å². The van der Waals surface area contributed by atoms with Crippen LogP contribution in [-0.2, 0) is 4.74 Å². The van der Waals surface area contributed by atoms with Crippen LogP contribution < -0.4 is 5.32 Å². The zero-order valence-electron chi connectivity index (χ0n) is 11.2. The molecule has 0 radical (unpaired) electrons. The van der Waals surface area contributed by atoms with Crippen LogP contribution in [0, 0.1) is 0 Å². The summed E-state index contributed by atoms with van der Waals surface area (Å²) < 4.78 is 6.16. The van der Waals surface area contributed by atoms with E-state index in [1.165, 1.54) is 25.8 Å². The van der Waals surface area contributed by atoms with E-state index in [1.54, 1.807) is 11.1 Å². The highest BCUT2D eigenvalue weighted by Gasteiger charge is 2.42. The van der Waals surface area contributed by atoms with Crippen LogP contribution in [0.25, 0.3) is 0 Å². The number of rotatable bonds is 0. The van der Waals surface area contributed by atoms with Crippen LogP contribution in [0.5, 0.6) is 0 Å². The SMILES string of the molecule is CC1(C)CC(=C2CCCNCC2)C(C)(C)O1. The molecule has 0 amide bonds. The van der Waals surface area contributed by atoms with Crippen LogP contribution in [0.1, 0.15) is 53.4 Å². The molecule has 2 saturated heterocycles. The molecule has 0 aliphatic carbocycles. The lowest BCUT2D eigenvalue weighted by Crippen LogP contribution is -2.26. The number of nitrogens with one attached hydrogen (secondary N) is 1. The van der Waals surface area contributed by atoms with Crippen LogP contribution >= 0.6 is 0 Å². The first-order chi connectivity index (χ1) is 7.41. The van der Waals surface area contributed by atoms with E-state index >= 15 is 0 Å². The Labute approximate surface area is 99.4 Å². The van der Waals surface area contributed by atoms with Gasteiger partial charge in [0.15, 0.2) is 0 Å². The van der Waals surface area contributed by atoms with Crippen LogP contribution in [0.2, 0.25) is 0 Å². The van der Waals surface area contributed by atoms with Gasteiger partial charge in [-0.3, -0.25) is 0 Å². The minimum atomic E-state index is -0.0524. The Balaban J connectivity index is 2.27. The quantitative estimate of drug-likeness (QED) is 0.637. The number of ether oxygens (including phenoxy) is 1. The molecule has 0 atom stereocenters. The zero-order valence-corrected chi connectivity index (χ0v) is 11.2. The summed E-state index contributed by atoms with van der Waals surface area (Å²) in [5.41, 5.74) is 3.19. The van der Waals surface area contributed by atoms with Gasteiger partial charge in [0.25, 0.3) is 0 Å². The van der Waals surface area contributed by atoms with Gasteiger partial charge in [-0.15, -0.1) is 0 Å². The maximum atomic E-state index is 6.16. The highest BCUT2D eigenvalue weighted by Crippen LogP contribution is 2.44. The van der Waals surface area contributed by atoms with Gasteiger partial charge in [0.2, 0.25) is 0 Å². The van der Waals surface area contributed by atoms with Crippen molar-refractivity contribution >= 4 is 0 Å². The number of hydrogen-bond donors (Lipinski definition) is 1. The minimum absolute atomic E-state index is 0.0194. The average Bonchev–Trinajstić information content (AvgIpc) is 2.39. The lowest BCUT2D eigenvalue weighted by Gasteiger charge is -2.25. The van der Waals surface area contributed by atoms with E-state index in [1.807, 2.05) is 0 Å². The van der Waals surface area contributed by atoms with Crippen molar-refractivity contribution in [1.82, 2.24) is 5.32 Å². The van der Waals surface area contributed by atoms with Gasteiger partial charge in [0, 0.05) is 0 Å². The summed E-state index contributed by atoms with van der Waals surface area (Å²) in [6.07, 6.45) is 4.84. The molecule has 0 saturated carbocycles. The molecule has 0 bridgehead atoms. The Hall–Kier alpha value is -0.340. The first kappa shape index (κ1) is 12.1. The fraction of sp³-hybridized carbons (Fsp3) is 0.857. The Morgan fingerprint density at radius 1 is 1.06 bits per heavy atom. The largest absolute Gasteiger partial charge is 0.365 e. The van der Waals surface area contributed by atoms with Crippen molar-refractivity contribution < 1.29 is 4.74 Å². The van der Waals surface area contributed by atoms with Gasteiger partial charge in [0.1, 0.15) is 0 Å². The zero-order chi connectivity index (χ0) is 11.8. The molecule has 0 aromatic rings. The molecule has 0 unspecified atom stereocenters. The third-order valence-corrected chi connectivity index (χ3v) is 3.72. The molecule has 0 aromatic heterocycles. The molecule has 1 N–H and O–H groups in total. The van der Waals surface area contributed by atoms with Gasteiger partial charge < -0.3 is 10.1 Å². The summed E-state index contributed by atoms with van der Waals surface area (Å²) in [5.74, 6) is 0. The maximum absolute atomic E-state index is 6.16. The normalized spacial score (nSPS) is 33.8. The van der Waals surface area contributed by atoms with Gasteiger partial charge in [0.05, 0.1) is 11.2 Å². The van der Waals surface area contributed by atoms with E-state index in [0.29, 0.717) is 0 Å². The van der Waals surface area contributed by atoms with Crippen molar-refractivity contribution in [2.75, 3.05) is 13.1 Å². The third kappa shape index (κ3) is 2.49. The standard InChI is InChI=1S/C14H25NO/c1-13(2)10-12(14(3,4)16-13)11-6-5-8-15-9-7-11/h15H,5-10H2,1-4H3. The molecule has 2 nitrogen and oxygen atoms in total. The monoisotopic (exact) mass is 223 g/mol. The van der Waals surface area contributed by atoms with Crippen LogP contribution in [0.4, 0.5) is 0 Å². The molecule has 2 heterocycles. The smallest absolute Gasteiger partial charge is 0.0846 e. The summed E-state index contributed by atoms with van der Waals surface area (Å²) in [6, 6.07) is 0. The van der Waals surface area contributed by atoms with Crippen molar-refractivity contribution in [3.8, 4) is 0 Å². The molecular formula is C14H25NO.